The Bertz CT molecular complexity index is 224. The summed E-state index contributed by atoms with van der Waals surface area (Å²) in [6.45, 7) is 10.9. The third-order valence-corrected chi connectivity index (χ3v) is 4.58. The first kappa shape index (κ1) is 17.9. The fraction of sp³-hybridized carbons (Fsp3) is 1.00. The number of piperidine rings is 1. The molecule has 0 amide bonds. The topological polar surface area (TPSA) is 18.5 Å². The van der Waals surface area contributed by atoms with Gasteiger partial charge in [0.2, 0.25) is 0 Å². The summed E-state index contributed by atoms with van der Waals surface area (Å²) in [6, 6.07) is 0.689. The van der Waals surface area contributed by atoms with E-state index in [2.05, 4.69) is 43.1 Å². The largest absolute Gasteiger partial charge is 0.314 e. The Balaban J connectivity index is 1.98. The Hall–Kier alpha value is -0.120. The lowest BCUT2D eigenvalue weighted by atomic mass is 9.96. The molecule has 1 heterocycles. The molecule has 0 aromatic rings. The molecule has 1 saturated heterocycles. The molecule has 0 aromatic carbocycles. The molecule has 0 bridgehead atoms. The van der Waals surface area contributed by atoms with E-state index in [9.17, 15) is 0 Å². The first-order chi connectivity index (χ1) is 9.61. The standard InChI is InChI=1S/C17H37N3/c1-5-11-18-16(2)8-6-7-12-20(4)15-17-9-13-19(3)14-10-17/h16-18H,5-15H2,1-4H3. The molecule has 3 nitrogen and oxygen atoms in total. The lowest BCUT2D eigenvalue weighted by Crippen LogP contribution is -2.36. The van der Waals surface area contributed by atoms with Crippen LogP contribution in [0, 0.1) is 5.92 Å². The highest BCUT2D eigenvalue weighted by Gasteiger charge is 2.17. The molecule has 3 heteroatoms. The van der Waals surface area contributed by atoms with Gasteiger partial charge in [0.15, 0.2) is 0 Å². The van der Waals surface area contributed by atoms with Gasteiger partial charge >= 0.3 is 0 Å². The Labute approximate surface area is 127 Å². The third-order valence-electron chi connectivity index (χ3n) is 4.58. The van der Waals surface area contributed by atoms with Gasteiger partial charge in [-0.05, 0) is 85.2 Å². The van der Waals surface area contributed by atoms with E-state index in [4.69, 9.17) is 0 Å². The fourth-order valence-corrected chi connectivity index (χ4v) is 3.10. The predicted octanol–water partition coefficient (Wildman–Crippen LogP) is 2.82. The van der Waals surface area contributed by atoms with E-state index in [1.54, 1.807) is 0 Å². The monoisotopic (exact) mass is 283 g/mol. The normalized spacial score (nSPS) is 19.6. The number of likely N-dealkylation sites (tertiary alicyclic amines) is 1. The highest BCUT2D eigenvalue weighted by atomic mass is 15.1. The van der Waals surface area contributed by atoms with Crippen LogP contribution in [0.2, 0.25) is 0 Å². The van der Waals surface area contributed by atoms with E-state index in [1.807, 2.05) is 0 Å². The number of hydrogen-bond acceptors (Lipinski definition) is 3. The SMILES string of the molecule is CCCNC(C)CCCCN(C)CC1CCN(C)CC1. The van der Waals surface area contributed by atoms with Crippen molar-refractivity contribution in [3.05, 3.63) is 0 Å². The Kier molecular flexibility index (Phi) is 9.49. The first-order valence-electron chi connectivity index (χ1n) is 8.72. The second kappa shape index (κ2) is 10.6. The summed E-state index contributed by atoms with van der Waals surface area (Å²) < 4.78 is 0. The second-order valence-corrected chi connectivity index (χ2v) is 6.86. The van der Waals surface area contributed by atoms with Gasteiger partial charge in [0.25, 0.3) is 0 Å². The van der Waals surface area contributed by atoms with Crippen LogP contribution in [0.4, 0.5) is 0 Å². The van der Waals surface area contributed by atoms with Crippen molar-refractivity contribution >= 4 is 0 Å². The molecule has 0 spiro atoms. The number of nitrogens with one attached hydrogen (secondary N) is 1. The fourth-order valence-electron chi connectivity index (χ4n) is 3.10. The average molecular weight is 284 g/mol. The zero-order valence-electron chi connectivity index (χ0n) is 14.3. The molecule has 0 aromatic heterocycles. The molecule has 0 radical (unpaired) electrons. The molecular weight excluding hydrogens is 246 g/mol. The quantitative estimate of drug-likeness (QED) is 0.622. The van der Waals surface area contributed by atoms with Gasteiger partial charge in [-0.25, -0.2) is 0 Å². The molecule has 120 valence electrons. The Morgan fingerprint density at radius 3 is 2.60 bits per heavy atom. The van der Waals surface area contributed by atoms with Gasteiger partial charge in [0, 0.05) is 12.6 Å². The van der Waals surface area contributed by atoms with Gasteiger partial charge in [-0.1, -0.05) is 13.3 Å². The first-order valence-corrected chi connectivity index (χ1v) is 8.72. The van der Waals surface area contributed by atoms with Crippen LogP contribution in [0.5, 0.6) is 0 Å². The predicted molar refractivity (Wildman–Crippen MR) is 89.3 cm³/mol. The lowest BCUT2D eigenvalue weighted by molar-refractivity contribution is 0.175. The smallest absolute Gasteiger partial charge is 0.00387 e. The summed E-state index contributed by atoms with van der Waals surface area (Å²) in [5.74, 6) is 0.932. The minimum atomic E-state index is 0.689. The van der Waals surface area contributed by atoms with E-state index in [-0.39, 0.29) is 0 Å². The average Bonchev–Trinajstić information content (AvgIpc) is 2.44. The van der Waals surface area contributed by atoms with Gasteiger partial charge in [0.05, 0.1) is 0 Å². The van der Waals surface area contributed by atoms with E-state index >= 15 is 0 Å². The van der Waals surface area contributed by atoms with E-state index < -0.39 is 0 Å². The van der Waals surface area contributed by atoms with Crippen LogP contribution < -0.4 is 5.32 Å². The van der Waals surface area contributed by atoms with Crippen LogP contribution in [0.15, 0.2) is 0 Å². The zero-order chi connectivity index (χ0) is 14.8. The second-order valence-electron chi connectivity index (χ2n) is 6.86. The molecule has 0 saturated carbocycles. The molecule has 1 fully saturated rings. The van der Waals surface area contributed by atoms with Crippen molar-refractivity contribution in [2.24, 2.45) is 5.92 Å². The van der Waals surface area contributed by atoms with Crippen molar-refractivity contribution in [2.75, 3.05) is 46.8 Å². The summed E-state index contributed by atoms with van der Waals surface area (Å²) in [6.07, 6.45) is 8.04. The number of nitrogens with zero attached hydrogens (tertiary/aromatic N) is 2. The van der Waals surface area contributed by atoms with Crippen LogP contribution in [-0.2, 0) is 0 Å². The lowest BCUT2D eigenvalue weighted by Gasteiger charge is -2.31. The van der Waals surface area contributed by atoms with Crippen molar-refractivity contribution in [2.45, 2.75) is 58.4 Å². The summed E-state index contributed by atoms with van der Waals surface area (Å²) in [5, 5.41) is 3.57. The van der Waals surface area contributed by atoms with Crippen LogP contribution >= 0.6 is 0 Å². The summed E-state index contributed by atoms with van der Waals surface area (Å²) >= 11 is 0. The maximum atomic E-state index is 3.57. The van der Waals surface area contributed by atoms with Crippen LogP contribution in [-0.4, -0.2) is 62.7 Å². The number of hydrogen-bond donors (Lipinski definition) is 1. The molecular formula is C17H37N3. The van der Waals surface area contributed by atoms with Crippen molar-refractivity contribution in [3.63, 3.8) is 0 Å². The third kappa shape index (κ3) is 8.23. The van der Waals surface area contributed by atoms with Crippen LogP contribution in [0.25, 0.3) is 0 Å². The van der Waals surface area contributed by atoms with Crippen LogP contribution in [0.1, 0.15) is 52.4 Å². The van der Waals surface area contributed by atoms with Crippen molar-refractivity contribution < 1.29 is 0 Å². The van der Waals surface area contributed by atoms with Gasteiger partial charge in [-0.15, -0.1) is 0 Å². The molecule has 20 heavy (non-hydrogen) atoms. The molecule has 1 unspecified atom stereocenters. The molecule has 1 atom stereocenters. The molecule has 1 aliphatic heterocycles. The van der Waals surface area contributed by atoms with Crippen molar-refractivity contribution in [3.8, 4) is 0 Å². The maximum Gasteiger partial charge on any atom is 0.00387 e. The molecule has 1 aliphatic rings. The highest BCUT2D eigenvalue weighted by molar-refractivity contribution is 4.72. The number of rotatable bonds is 10. The van der Waals surface area contributed by atoms with Gasteiger partial charge < -0.3 is 15.1 Å². The summed E-state index contributed by atoms with van der Waals surface area (Å²) in [4.78, 5) is 5.02. The van der Waals surface area contributed by atoms with Gasteiger partial charge in [0.1, 0.15) is 0 Å². The molecule has 0 aliphatic carbocycles. The summed E-state index contributed by atoms with van der Waals surface area (Å²) in [5.41, 5.74) is 0. The van der Waals surface area contributed by atoms with Crippen molar-refractivity contribution in [1.29, 1.82) is 0 Å². The maximum absolute atomic E-state index is 3.57. The highest BCUT2D eigenvalue weighted by Crippen LogP contribution is 2.17. The minimum Gasteiger partial charge on any atom is -0.314 e. The summed E-state index contributed by atoms with van der Waals surface area (Å²) in [7, 11) is 4.55. The van der Waals surface area contributed by atoms with E-state index in [1.165, 1.54) is 64.7 Å². The Morgan fingerprint density at radius 1 is 1.25 bits per heavy atom. The Morgan fingerprint density at radius 2 is 1.95 bits per heavy atom. The van der Waals surface area contributed by atoms with Gasteiger partial charge in [-0.2, -0.15) is 0 Å². The number of unbranched alkanes of at least 4 members (excludes halogenated alkanes) is 1. The molecule has 1 N–H and O–H groups in total. The zero-order valence-corrected chi connectivity index (χ0v) is 14.3. The van der Waals surface area contributed by atoms with Gasteiger partial charge in [-0.3, -0.25) is 0 Å². The van der Waals surface area contributed by atoms with E-state index in [0.717, 1.165) is 12.5 Å². The van der Waals surface area contributed by atoms with Crippen LogP contribution in [0.3, 0.4) is 0 Å². The van der Waals surface area contributed by atoms with Crippen molar-refractivity contribution in [1.82, 2.24) is 15.1 Å². The molecule has 1 rings (SSSR count). The minimum absolute atomic E-state index is 0.689. The van der Waals surface area contributed by atoms with E-state index in [0.29, 0.717) is 6.04 Å².